The van der Waals surface area contributed by atoms with Crippen LogP contribution in [0.3, 0.4) is 0 Å². The number of hydrogen-bond donors (Lipinski definition) is 15. The summed E-state index contributed by atoms with van der Waals surface area (Å²) in [6.07, 6.45) is -15.5. The highest BCUT2D eigenvalue weighted by Crippen LogP contribution is 2.60. The summed E-state index contributed by atoms with van der Waals surface area (Å²) in [6.45, 7) is -26.9. The van der Waals surface area contributed by atoms with E-state index in [0.717, 1.165) is 16.2 Å². The fourth-order valence-electron chi connectivity index (χ4n) is 16.0. The summed E-state index contributed by atoms with van der Waals surface area (Å²) in [6, 6.07) is 0. The number of aliphatic hydroxyl groups is 1. The molecule has 0 spiro atoms. The maximum atomic E-state index is 13.6. The lowest BCUT2D eigenvalue weighted by Gasteiger charge is -2.35. The third-order valence-corrected chi connectivity index (χ3v) is 31.8. The predicted octanol–water partition coefficient (Wildman–Crippen LogP) is -1.20. The summed E-state index contributed by atoms with van der Waals surface area (Å²) in [5.41, 5.74) is 18.5. The van der Waals surface area contributed by atoms with Gasteiger partial charge in [-0.3, -0.25) is 71.0 Å². The van der Waals surface area contributed by atoms with Gasteiger partial charge in [-0.05, 0) is 91.6 Å². The van der Waals surface area contributed by atoms with Gasteiger partial charge in [0.2, 0.25) is 11.9 Å². The van der Waals surface area contributed by atoms with Gasteiger partial charge >= 0.3 is 51.7 Å². The minimum Gasteiger partial charge on any atom is -0.393 e. The number of aryl methyl sites for hydroxylation is 2. The smallest absolute Gasteiger partial charge is 0.330 e. The fourth-order valence-corrected chi connectivity index (χ4v) is 24.3. The van der Waals surface area contributed by atoms with Crippen molar-refractivity contribution in [2.24, 2.45) is 0 Å². The number of H-pyrrole nitrogens is 4. The SMILES string of the molecule is COP(O)(=S)O[C@@H]1C[C@H](n2cc(C)c(=O)[nH]c2=O)O[C@@H]1COP(O)(=S)O[C@@H]1C[C@H](n2cnc3c(=O)[nH]c(N)nc32)O[C@@H]1COP(O)(=S)O[C@@H]1C[C@H](n2cc(C)c(=O)[nH]c2=O)O[C@@H]1COP(O)(=S)O[C@@H]1C[C@H](n2cnc3c(=O)[nH]c(N)nc32)O[C@@H]1COP(O)(=S)O[C@@H]1C[C@H](n2cnc3c(N)ncnc32)O[C@@H]1COP(O)(=S)O[C@@H]1C2O[C@@H](C)[C@]1(CO)O[C@H]2n1cnc2c(N)ncnc21. The number of imidazole rings is 4. The molecule has 68 heteroatoms. The molecule has 7 unspecified atom stereocenters. The summed E-state index contributed by atoms with van der Waals surface area (Å²) in [5, 5.41) is 11.0. The molecule has 17 heterocycles. The first-order valence-corrected chi connectivity index (χ1v) is 54.5. The highest BCUT2D eigenvalue weighted by molar-refractivity contribution is 8.08. The molecule has 0 radical (unpaired) electrons. The van der Waals surface area contributed by atoms with Gasteiger partial charge in [-0.2, -0.15) is 9.97 Å². The number of hydrogen-bond acceptors (Lipinski definition) is 46. The van der Waals surface area contributed by atoms with Crippen molar-refractivity contribution < 1.29 is 122 Å². The predicted molar refractivity (Wildman–Crippen MR) is 469 cm³/mol. The Bertz CT molecular complexity index is 6790. The van der Waals surface area contributed by atoms with Crippen LogP contribution in [0.2, 0.25) is 0 Å². The van der Waals surface area contributed by atoms with Crippen molar-refractivity contribution in [3.63, 3.8) is 0 Å². The van der Waals surface area contributed by atoms with E-state index in [-0.39, 0.29) is 111 Å². The molecule has 10 aromatic rings. The molecule has 7 fully saturated rings. The van der Waals surface area contributed by atoms with Crippen molar-refractivity contribution in [2.75, 3.05) is 69.7 Å². The molecule has 0 aromatic carbocycles. The van der Waals surface area contributed by atoms with E-state index < -0.39 is 236 Å². The van der Waals surface area contributed by atoms with Gasteiger partial charge in [0.25, 0.3) is 22.2 Å². The summed E-state index contributed by atoms with van der Waals surface area (Å²) in [5.74, 6) is -0.508. The van der Waals surface area contributed by atoms with E-state index in [9.17, 15) is 63.2 Å². The monoisotopic (exact) mass is 2060 g/mol. The van der Waals surface area contributed by atoms with Gasteiger partial charge in [0.1, 0.15) is 103 Å². The molecule has 7 aliphatic heterocycles. The number of aromatic nitrogens is 20. The van der Waals surface area contributed by atoms with Gasteiger partial charge in [-0.25, -0.2) is 49.5 Å². The minimum absolute atomic E-state index is 0.0274. The van der Waals surface area contributed by atoms with Crippen LogP contribution < -0.4 is 56.6 Å². The quantitative estimate of drug-likeness (QED) is 0.0208. The number of aliphatic hydroxyl groups excluding tert-OH is 1. The average molecular weight is 2060 g/mol. The standard InChI is InChI=1S/C63H80N24O32P6S6/c1-24-10-82(61(93)80-54(24)89)37-5-27(114-120(95,126)101-4)32(108-37)12-102-122(97,128)117-30-8-40(85-21-74-44-52(85)76-59(66)78-56(44)91)111-34(30)14-104-121(96,127)115-28-6-38(83-11-25(2)55(90)81-62(83)94)109-33(28)13-103-123(98,129)118-31-9-41(86-22-75-45-53(86)77-60(67)79-57(45)92)112-35(31)15-105-124(99,130)116-29-7-39(84-20-72-42-48(64)68-18-70-50(42)84)110-36(29)16-106-125(100,131)119-47-46-58(113-63(47,17-88)26(3)107-46)87-23-73-43-49(65)69-19-71-51(43)87/h10-11,18-23,26-41,46-47,58,88H,5-9,12-17H2,1-4H3,(H,95,126)(H,96,127)(H,97,128)(H,98,129)(H,99,130)(H,100,131)(H2,64,68,70)(H2,65,69,71)(H,80,89,93)(H,81,90,94)(H3,66,76,78,91)(H3,67,77,79,92)/t26-,27+,28+,29+,30+,31+,32+,33+,34+,35+,36+,37+,38+,39+,40+,41+,46?,47+,58+,63-,120?,121?,122?,123?,124?,125?/m0/s1. The van der Waals surface area contributed by atoms with E-state index in [1.165, 1.54) is 82.5 Å². The molecule has 710 valence electrons. The highest BCUT2D eigenvalue weighted by atomic mass is 32.5. The van der Waals surface area contributed by atoms with Crippen LogP contribution in [0.4, 0.5) is 23.5 Å². The second-order valence-corrected chi connectivity index (χ2v) is 47.4. The van der Waals surface area contributed by atoms with E-state index >= 15 is 0 Å². The number of fused-ring (bicyclic) bond motifs is 6. The molecule has 26 atom stereocenters. The number of nitrogen functional groups attached to an aromatic ring is 4. The zero-order chi connectivity index (χ0) is 93.3. The second-order valence-electron chi connectivity index (χ2n) is 30.6. The summed E-state index contributed by atoms with van der Waals surface area (Å²) in [4.78, 5) is 200. The molecule has 56 nitrogen and oxygen atoms in total. The van der Waals surface area contributed by atoms with Gasteiger partial charge < -0.3 is 140 Å². The summed E-state index contributed by atoms with van der Waals surface area (Å²) >= 11 is 33.4. The highest BCUT2D eigenvalue weighted by Gasteiger charge is 2.68. The van der Waals surface area contributed by atoms with Gasteiger partial charge in [-0.1, -0.05) is 0 Å². The summed E-state index contributed by atoms with van der Waals surface area (Å²) in [7, 11) is 1.10. The number of nitrogens with zero attached hydrogens (tertiary/aromatic N) is 16. The minimum atomic E-state index is -4.73. The second kappa shape index (κ2) is 37.3. The number of anilines is 4. The molecule has 7 aliphatic rings. The van der Waals surface area contributed by atoms with Crippen molar-refractivity contribution in [1.82, 2.24) is 97.2 Å². The Morgan fingerprint density at radius 3 is 1.11 bits per heavy atom. The van der Waals surface area contributed by atoms with Crippen LogP contribution in [0.5, 0.6) is 0 Å². The van der Waals surface area contributed by atoms with E-state index in [1.807, 2.05) is 0 Å². The zero-order valence-electron chi connectivity index (χ0n) is 67.8. The molecular weight excluding hydrogens is 1980 g/mol. The molecule has 0 saturated carbocycles. The first-order valence-electron chi connectivity index (χ1n) is 38.9. The van der Waals surface area contributed by atoms with Crippen molar-refractivity contribution >= 4 is 179 Å². The summed E-state index contributed by atoms with van der Waals surface area (Å²) < 4.78 is 124. The largest absolute Gasteiger partial charge is 0.393 e. The molecule has 17 rings (SSSR count). The molecule has 2 bridgehead atoms. The van der Waals surface area contributed by atoms with E-state index in [1.54, 1.807) is 6.92 Å². The van der Waals surface area contributed by atoms with Crippen molar-refractivity contribution in [2.45, 2.75) is 175 Å². The Balaban J connectivity index is 0.596. The van der Waals surface area contributed by atoms with E-state index in [2.05, 4.69) is 69.8 Å². The Morgan fingerprint density at radius 2 is 0.748 bits per heavy atom. The number of nitrogens with two attached hydrogens (primary N) is 4. The molecule has 0 aliphatic carbocycles. The third-order valence-electron chi connectivity index (χ3n) is 22.2. The molecule has 10 aromatic heterocycles. The van der Waals surface area contributed by atoms with Crippen LogP contribution in [0.25, 0.3) is 44.7 Å². The average Bonchev–Trinajstić information content (AvgIpc) is 1.54. The van der Waals surface area contributed by atoms with Crippen LogP contribution in [0, 0.1) is 13.8 Å². The van der Waals surface area contributed by atoms with Crippen LogP contribution in [-0.4, -0.2) is 263 Å². The van der Waals surface area contributed by atoms with Gasteiger partial charge in [0.15, 0.2) is 51.5 Å². The Hall–Kier alpha value is -6.78. The molecular formula is C63H80N24O32P6S6. The van der Waals surface area contributed by atoms with E-state index in [4.69, 9.17) is 181 Å². The van der Waals surface area contributed by atoms with Crippen LogP contribution in [0.1, 0.15) is 87.5 Å². The van der Waals surface area contributed by atoms with Crippen molar-refractivity contribution in [3.05, 3.63) is 124 Å². The number of aromatic amines is 4. The fraction of sp³-hybridized carbons (Fsp3) is 0.556. The lowest BCUT2D eigenvalue weighted by atomic mass is 9.94. The molecule has 131 heavy (non-hydrogen) atoms. The van der Waals surface area contributed by atoms with Crippen molar-refractivity contribution in [1.29, 1.82) is 0 Å². The molecule has 19 N–H and O–H groups in total. The maximum Gasteiger partial charge on any atom is 0.330 e. The topological polar surface area (TPSA) is 745 Å². The lowest BCUT2D eigenvalue weighted by Crippen LogP contribution is -2.50. The first-order chi connectivity index (χ1) is 61.9. The lowest BCUT2D eigenvalue weighted by molar-refractivity contribution is -0.216. The number of ether oxygens (including phenoxy) is 7. The van der Waals surface area contributed by atoms with Gasteiger partial charge in [0.05, 0.1) is 102 Å². The third kappa shape index (κ3) is 20.1. The number of rotatable bonds is 35. The first kappa shape index (κ1) is 95.9. The van der Waals surface area contributed by atoms with Gasteiger partial charge in [0, 0.05) is 62.7 Å². The Morgan fingerprint density at radius 1 is 0.427 bits per heavy atom. The zero-order valence-corrected chi connectivity index (χ0v) is 78.1. The van der Waals surface area contributed by atoms with Crippen molar-refractivity contribution in [3.8, 4) is 0 Å². The molecule has 7 saturated heterocycles. The van der Waals surface area contributed by atoms with Crippen LogP contribution >= 0.6 is 40.3 Å². The van der Waals surface area contributed by atoms with Crippen LogP contribution in [0.15, 0.2) is 79.1 Å². The van der Waals surface area contributed by atoms with E-state index in [0.29, 0.717) is 0 Å². The number of nitrogens with one attached hydrogen (secondary N) is 4. The van der Waals surface area contributed by atoms with Crippen LogP contribution in [-0.2, 0) is 158 Å². The Kier molecular flexibility index (Phi) is 27.3. The van der Waals surface area contributed by atoms with Gasteiger partial charge in [-0.15, -0.1) is 0 Å². The Labute approximate surface area is 762 Å². The normalized spacial score (nSPS) is 30.8. The maximum absolute atomic E-state index is 13.6. The molecule has 0 amide bonds.